The van der Waals surface area contributed by atoms with Crippen molar-refractivity contribution in [3.05, 3.63) is 29.3 Å². The van der Waals surface area contributed by atoms with Crippen LogP contribution in [0.15, 0.2) is 18.2 Å². The SMILES string of the molecule is Cc1ccc(O)c(CNCC(C)CCO)c1. The predicted octanol–water partition coefficient (Wildman–Crippen LogP) is 1.81. The van der Waals surface area contributed by atoms with E-state index in [9.17, 15) is 5.11 Å². The van der Waals surface area contributed by atoms with Crippen LogP contribution in [0.3, 0.4) is 0 Å². The zero-order valence-electron chi connectivity index (χ0n) is 10.0. The highest BCUT2D eigenvalue weighted by Gasteiger charge is 2.03. The summed E-state index contributed by atoms with van der Waals surface area (Å²) in [6, 6.07) is 5.61. The Bertz CT molecular complexity index is 326. The van der Waals surface area contributed by atoms with Crippen LogP contribution in [0, 0.1) is 12.8 Å². The molecule has 1 rings (SSSR count). The molecule has 0 heterocycles. The summed E-state index contributed by atoms with van der Waals surface area (Å²) in [7, 11) is 0. The number of benzene rings is 1. The average molecular weight is 223 g/mol. The molecule has 16 heavy (non-hydrogen) atoms. The lowest BCUT2D eigenvalue weighted by Gasteiger charge is -2.12. The molecule has 3 N–H and O–H groups in total. The standard InChI is InChI=1S/C13H21NO2/c1-10-3-4-13(16)12(7-10)9-14-8-11(2)5-6-15/h3-4,7,11,14-16H,5-6,8-9H2,1-2H3. The molecule has 0 spiro atoms. The zero-order valence-corrected chi connectivity index (χ0v) is 10.0. The average Bonchev–Trinajstić information content (AvgIpc) is 2.23. The van der Waals surface area contributed by atoms with Crippen molar-refractivity contribution < 1.29 is 10.2 Å². The van der Waals surface area contributed by atoms with Crippen molar-refractivity contribution in [1.29, 1.82) is 0 Å². The molecule has 1 aromatic carbocycles. The van der Waals surface area contributed by atoms with Gasteiger partial charge >= 0.3 is 0 Å². The Morgan fingerprint density at radius 3 is 2.81 bits per heavy atom. The third kappa shape index (κ3) is 4.21. The Kier molecular flexibility index (Phi) is 5.29. The van der Waals surface area contributed by atoms with Gasteiger partial charge in [0.15, 0.2) is 0 Å². The number of aliphatic hydroxyl groups excluding tert-OH is 1. The summed E-state index contributed by atoms with van der Waals surface area (Å²) in [5.74, 6) is 0.796. The topological polar surface area (TPSA) is 52.5 Å². The summed E-state index contributed by atoms with van der Waals surface area (Å²) >= 11 is 0. The van der Waals surface area contributed by atoms with Crippen LogP contribution in [0.25, 0.3) is 0 Å². The van der Waals surface area contributed by atoms with Crippen LogP contribution in [-0.2, 0) is 6.54 Å². The van der Waals surface area contributed by atoms with Gasteiger partial charge in [-0.15, -0.1) is 0 Å². The molecule has 3 nitrogen and oxygen atoms in total. The van der Waals surface area contributed by atoms with Crippen molar-refractivity contribution in [2.45, 2.75) is 26.8 Å². The van der Waals surface area contributed by atoms with E-state index >= 15 is 0 Å². The fourth-order valence-corrected chi connectivity index (χ4v) is 1.63. The van der Waals surface area contributed by atoms with Gasteiger partial charge in [0.25, 0.3) is 0 Å². The molecule has 0 aliphatic heterocycles. The Hall–Kier alpha value is -1.06. The van der Waals surface area contributed by atoms with Crippen LogP contribution in [0.4, 0.5) is 0 Å². The molecule has 1 atom stereocenters. The van der Waals surface area contributed by atoms with Crippen LogP contribution in [0.2, 0.25) is 0 Å². The highest BCUT2D eigenvalue weighted by molar-refractivity contribution is 5.35. The van der Waals surface area contributed by atoms with Crippen molar-refractivity contribution in [3.8, 4) is 5.75 Å². The maximum absolute atomic E-state index is 9.62. The first-order valence-electron chi connectivity index (χ1n) is 5.73. The maximum atomic E-state index is 9.62. The van der Waals surface area contributed by atoms with Crippen molar-refractivity contribution in [1.82, 2.24) is 5.32 Å². The smallest absolute Gasteiger partial charge is 0.120 e. The van der Waals surface area contributed by atoms with E-state index < -0.39 is 0 Å². The number of aryl methyl sites for hydroxylation is 1. The molecule has 1 aromatic rings. The number of rotatable bonds is 6. The van der Waals surface area contributed by atoms with Gasteiger partial charge in [0.2, 0.25) is 0 Å². The molecule has 0 bridgehead atoms. The fraction of sp³-hybridized carbons (Fsp3) is 0.538. The number of phenolic OH excluding ortho intramolecular Hbond substituents is 1. The first-order chi connectivity index (χ1) is 7.63. The normalized spacial score (nSPS) is 12.7. The lowest BCUT2D eigenvalue weighted by molar-refractivity contribution is 0.260. The van der Waals surface area contributed by atoms with Gasteiger partial charge in [0.1, 0.15) is 5.75 Å². The molecule has 0 saturated heterocycles. The summed E-state index contributed by atoms with van der Waals surface area (Å²) in [6.07, 6.45) is 0.812. The Labute approximate surface area is 97.1 Å². The zero-order chi connectivity index (χ0) is 12.0. The monoisotopic (exact) mass is 223 g/mol. The lowest BCUT2D eigenvalue weighted by Crippen LogP contribution is -2.21. The highest BCUT2D eigenvalue weighted by atomic mass is 16.3. The second-order valence-corrected chi connectivity index (χ2v) is 4.38. The van der Waals surface area contributed by atoms with E-state index in [4.69, 9.17) is 5.11 Å². The van der Waals surface area contributed by atoms with Crippen LogP contribution < -0.4 is 5.32 Å². The largest absolute Gasteiger partial charge is 0.508 e. The number of nitrogens with one attached hydrogen (secondary N) is 1. The molecule has 0 amide bonds. The summed E-state index contributed by atoms with van der Waals surface area (Å²) < 4.78 is 0. The van der Waals surface area contributed by atoms with Gasteiger partial charge < -0.3 is 15.5 Å². The van der Waals surface area contributed by atoms with Gasteiger partial charge in [-0.2, -0.15) is 0 Å². The van der Waals surface area contributed by atoms with Gasteiger partial charge in [0, 0.05) is 18.7 Å². The van der Waals surface area contributed by atoms with Gasteiger partial charge in [-0.05, 0) is 31.9 Å². The third-order valence-corrected chi connectivity index (χ3v) is 2.67. The minimum absolute atomic E-state index is 0.235. The summed E-state index contributed by atoms with van der Waals surface area (Å²) in [5.41, 5.74) is 2.08. The first-order valence-corrected chi connectivity index (χ1v) is 5.73. The van der Waals surface area contributed by atoms with E-state index in [0.29, 0.717) is 18.2 Å². The van der Waals surface area contributed by atoms with E-state index in [0.717, 1.165) is 24.1 Å². The van der Waals surface area contributed by atoms with Crippen molar-refractivity contribution in [2.75, 3.05) is 13.2 Å². The lowest BCUT2D eigenvalue weighted by atomic mass is 10.1. The van der Waals surface area contributed by atoms with Gasteiger partial charge in [-0.3, -0.25) is 0 Å². The molecule has 0 fully saturated rings. The Morgan fingerprint density at radius 2 is 2.12 bits per heavy atom. The fourth-order valence-electron chi connectivity index (χ4n) is 1.63. The van der Waals surface area contributed by atoms with Gasteiger partial charge in [-0.25, -0.2) is 0 Å². The second-order valence-electron chi connectivity index (χ2n) is 4.38. The second kappa shape index (κ2) is 6.51. The van der Waals surface area contributed by atoms with Crippen molar-refractivity contribution >= 4 is 0 Å². The van der Waals surface area contributed by atoms with E-state index in [1.54, 1.807) is 6.07 Å². The van der Waals surface area contributed by atoms with E-state index in [2.05, 4.69) is 12.2 Å². The maximum Gasteiger partial charge on any atom is 0.120 e. The van der Waals surface area contributed by atoms with Crippen molar-refractivity contribution in [3.63, 3.8) is 0 Å². The van der Waals surface area contributed by atoms with Crippen LogP contribution >= 0.6 is 0 Å². The van der Waals surface area contributed by atoms with E-state index in [1.165, 1.54) is 0 Å². The number of hydrogen-bond donors (Lipinski definition) is 3. The molecule has 0 aromatic heterocycles. The van der Waals surface area contributed by atoms with E-state index in [-0.39, 0.29) is 6.61 Å². The van der Waals surface area contributed by atoms with E-state index in [1.807, 2.05) is 19.1 Å². The minimum atomic E-state index is 0.235. The highest BCUT2D eigenvalue weighted by Crippen LogP contribution is 2.17. The number of phenols is 1. The Balaban J connectivity index is 2.39. The molecule has 1 unspecified atom stereocenters. The van der Waals surface area contributed by atoms with Crippen LogP contribution in [0.5, 0.6) is 5.75 Å². The van der Waals surface area contributed by atoms with Crippen molar-refractivity contribution in [2.24, 2.45) is 5.92 Å². The molecule has 3 heteroatoms. The molecule has 0 radical (unpaired) electrons. The molecular formula is C13H21NO2. The summed E-state index contributed by atoms with van der Waals surface area (Å²) in [4.78, 5) is 0. The third-order valence-electron chi connectivity index (χ3n) is 2.67. The van der Waals surface area contributed by atoms with Crippen LogP contribution in [-0.4, -0.2) is 23.4 Å². The number of hydrogen-bond acceptors (Lipinski definition) is 3. The summed E-state index contributed by atoms with van der Waals surface area (Å²) in [6.45, 7) is 5.87. The van der Waals surface area contributed by atoms with Gasteiger partial charge in [0.05, 0.1) is 0 Å². The molecule has 0 saturated carbocycles. The van der Waals surface area contributed by atoms with Crippen LogP contribution in [0.1, 0.15) is 24.5 Å². The quantitative estimate of drug-likeness (QED) is 0.689. The molecule has 90 valence electrons. The molecule has 0 aliphatic carbocycles. The Morgan fingerprint density at radius 1 is 1.38 bits per heavy atom. The minimum Gasteiger partial charge on any atom is -0.508 e. The number of aliphatic hydroxyl groups is 1. The summed E-state index contributed by atoms with van der Waals surface area (Å²) in [5, 5.41) is 21.7. The van der Waals surface area contributed by atoms with Gasteiger partial charge in [-0.1, -0.05) is 24.6 Å². The number of aromatic hydroxyl groups is 1. The first kappa shape index (κ1) is 13.0. The molecule has 0 aliphatic rings. The predicted molar refractivity (Wildman–Crippen MR) is 65.4 cm³/mol. The molecular weight excluding hydrogens is 202 g/mol.